The fourth-order valence-electron chi connectivity index (χ4n) is 2.21. The van der Waals surface area contributed by atoms with E-state index in [0.717, 1.165) is 41.6 Å². The van der Waals surface area contributed by atoms with Crippen LogP contribution in [0.2, 0.25) is 0 Å². The SMILES string of the molecule is FC(F)(F)c1ccc(N2CCC(C=C(Br)Br)CC2)nc1. The number of allylic oxidation sites excluding steroid dienone is 1. The van der Waals surface area contributed by atoms with Crippen LogP contribution in [0, 0.1) is 5.92 Å². The number of alkyl halides is 3. The van der Waals surface area contributed by atoms with Gasteiger partial charge in [0.1, 0.15) is 5.82 Å². The van der Waals surface area contributed by atoms with Gasteiger partial charge in [0.15, 0.2) is 0 Å². The van der Waals surface area contributed by atoms with Crippen molar-refractivity contribution < 1.29 is 13.2 Å². The van der Waals surface area contributed by atoms with Crippen LogP contribution in [-0.4, -0.2) is 18.1 Å². The Morgan fingerprint density at radius 2 is 1.90 bits per heavy atom. The van der Waals surface area contributed by atoms with Gasteiger partial charge in [0.2, 0.25) is 0 Å². The summed E-state index contributed by atoms with van der Waals surface area (Å²) in [4.78, 5) is 5.95. The largest absolute Gasteiger partial charge is 0.417 e. The minimum absolute atomic E-state index is 0.481. The zero-order chi connectivity index (χ0) is 14.8. The molecule has 0 N–H and O–H groups in total. The Morgan fingerprint density at radius 1 is 1.25 bits per heavy atom. The van der Waals surface area contributed by atoms with E-state index in [2.05, 4.69) is 42.9 Å². The molecular formula is C13H13Br2F3N2. The molecule has 2 rings (SSSR count). The van der Waals surface area contributed by atoms with E-state index in [-0.39, 0.29) is 0 Å². The lowest BCUT2D eigenvalue weighted by Gasteiger charge is -2.31. The molecule has 1 aliphatic heterocycles. The van der Waals surface area contributed by atoms with Gasteiger partial charge < -0.3 is 4.90 Å². The number of halogens is 5. The summed E-state index contributed by atoms with van der Waals surface area (Å²) >= 11 is 6.68. The van der Waals surface area contributed by atoms with Crippen molar-refractivity contribution in [3.63, 3.8) is 0 Å². The van der Waals surface area contributed by atoms with Crippen LogP contribution in [0.5, 0.6) is 0 Å². The van der Waals surface area contributed by atoms with Gasteiger partial charge in [-0.05, 0) is 62.8 Å². The molecule has 0 aromatic carbocycles. The number of hydrogen-bond acceptors (Lipinski definition) is 2. The second-order valence-corrected chi connectivity index (χ2v) is 7.46. The molecule has 2 nitrogen and oxygen atoms in total. The van der Waals surface area contributed by atoms with E-state index in [0.29, 0.717) is 11.7 Å². The first kappa shape index (κ1) is 15.8. The summed E-state index contributed by atoms with van der Waals surface area (Å²) in [5.41, 5.74) is -0.706. The van der Waals surface area contributed by atoms with E-state index in [1.807, 2.05) is 4.90 Å². The normalized spacial score (nSPS) is 17.1. The van der Waals surface area contributed by atoms with E-state index < -0.39 is 11.7 Å². The topological polar surface area (TPSA) is 16.1 Å². The third-order valence-corrected chi connectivity index (χ3v) is 3.83. The number of anilines is 1. The summed E-state index contributed by atoms with van der Waals surface area (Å²) in [6.45, 7) is 1.60. The van der Waals surface area contributed by atoms with Gasteiger partial charge in [-0.3, -0.25) is 0 Å². The van der Waals surface area contributed by atoms with E-state index >= 15 is 0 Å². The molecule has 0 aliphatic carbocycles. The quantitative estimate of drug-likeness (QED) is 0.682. The lowest BCUT2D eigenvalue weighted by molar-refractivity contribution is -0.137. The van der Waals surface area contributed by atoms with Crippen LogP contribution >= 0.6 is 31.9 Å². The van der Waals surface area contributed by atoms with Crippen molar-refractivity contribution in [1.29, 1.82) is 0 Å². The molecule has 20 heavy (non-hydrogen) atoms. The number of rotatable bonds is 2. The molecule has 2 heterocycles. The van der Waals surface area contributed by atoms with Crippen LogP contribution in [0.1, 0.15) is 18.4 Å². The van der Waals surface area contributed by atoms with Crippen molar-refractivity contribution in [2.45, 2.75) is 19.0 Å². The first-order valence-corrected chi connectivity index (χ1v) is 7.76. The van der Waals surface area contributed by atoms with Crippen LogP contribution in [-0.2, 0) is 6.18 Å². The Hall–Kier alpha value is -0.560. The fraction of sp³-hybridized carbons (Fsp3) is 0.462. The van der Waals surface area contributed by atoms with Gasteiger partial charge in [0, 0.05) is 19.3 Å². The Labute approximate surface area is 132 Å². The maximum Gasteiger partial charge on any atom is 0.417 e. The second-order valence-electron chi connectivity index (χ2n) is 4.68. The summed E-state index contributed by atoms with van der Waals surface area (Å²) in [6, 6.07) is 2.53. The van der Waals surface area contributed by atoms with Crippen molar-refractivity contribution in [3.05, 3.63) is 33.4 Å². The molecule has 0 saturated carbocycles. The van der Waals surface area contributed by atoms with E-state index in [1.165, 1.54) is 6.07 Å². The Balaban J connectivity index is 1.99. The van der Waals surface area contributed by atoms with Crippen molar-refractivity contribution in [2.75, 3.05) is 18.0 Å². The lowest BCUT2D eigenvalue weighted by atomic mass is 9.97. The zero-order valence-corrected chi connectivity index (χ0v) is 13.7. The number of nitrogens with zero attached hydrogens (tertiary/aromatic N) is 2. The van der Waals surface area contributed by atoms with E-state index in [4.69, 9.17) is 0 Å². The summed E-state index contributed by atoms with van der Waals surface area (Å²) in [6.07, 6.45) is 0.603. The highest BCUT2D eigenvalue weighted by Crippen LogP contribution is 2.30. The Morgan fingerprint density at radius 3 is 2.35 bits per heavy atom. The molecule has 7 heteroatoms. The van der Waals surface area contributed by atoms with Gasteiger partial charge in [0.25, 0.3) is 0 Å². The second kappa shape index (κ2) is 6.47. The average molecular weight is 414 g/mol. The summed E-state index contributed by atoms with van der Waals surface area (Å²) in [5.74, 6) is 1.09. The maximum atomic E-state index is 12.5. The van der Waals surface area contributed by atoms with Crippen molar-refractivity contribution in [3.8, 4) is 0 Å². The highest BCUT2D eigenvalue weighted by Gasteiger charge is 2.31. The third kappa shape index (κ3) is 4.22. The number of piperidine rings is 1. The zero-order valence-electron chi connectivity index (χ0n) is 10.5. The molecule has 1 aliphatic rings. The van der Waals surface area contributed by atoms with Gasteiger partial charge in [-0.2, -0.15) is 13.2 Å². The minimum Gasteiger partial charge on any atom is -0.357 e. The van der Waals surface area contributed by atoms with Gasteiger partial charge in [-0.25, -0.2) is 4.98 Å². The van der Waals surface area contributed by atoms with Gasteiger partial charge in [-0.1, -0.05) is 6.08 Å². The molecule has 1 saturated heterocycles. The van der Waals surface area contributed by atoms with Crippen molar-refractivity contribution in [2.24, 2.45) is 5.92 Å². The molecule has 0 radical (unpaired) electrons. The van der Waals surface area contributed by atoms with E-state index in [9.17, 15) is 13.2 Å². The molecule has 1 aromatic heterocycles. The summed E-state index contributed by atoms with van der Waals surface area (Å²) in [7, 11) is 0. The highest BCUT2D eigenvalue weighted by atomic mass is 79.9. The molecule has 0 bridgehead atoms. The molecular weight excluding hydrogens is 401 g/mol. The number of pyridine rings is 1. The van der Waals surface area contributed by atoms with E-state index in [1.54, 1.807) is 0 Å². The lowest BCUT2D eigenvalue weighted by Crippen LogP contribution is -2.33. The minimum atomic E-state index is -4.33. The fourth-order valence-corrected chi connectivity index (χ4v) is 2.96. The molecule has 1 fully saturated rings. The van der Waals surface area contributed by atoms with Crippen LogP contribution in [0.4, 0.5) is 19.0 Å². The predicted octanol–water partition coefficient (Wildman–Crippen LogP) is 4.95. The molecule has 0 atom stereocenters. The highest BCUT2D eigenvalue weighted by molar-refractivity contribution is 9.28. The van der Waals surface area contributed by atoms with Crippen molar-refractivity contribution in [1.82, 2.24) is 4.98 Å². The number of hydrogen-bond donors (Lipinski definition) is 0. The monoisotopic (exact) mass is 412 g/mol. The van der Waals surface area contributed by atoms with Gasteiger partial charge in [-0.15, -0.1) is 0 Å². The first-order valence-electron chi connectivity index (χ1n) is 6.17. The first-order chi connectivity index (χ1) is 9.36. The number of aromatic nitrogens is 1. The molecule has 110 valence electrons. The molecule has 0 amide bonds. The Bertz CT molecular complexity index is 473. The summed E-state index contributed by atoms with van der Waals surface area (Å²) in [5, 5.41) is 0. The third-order valence-electron chi connectivity index (χ3n) is 3.30. The molecule has 1 aromatic rings. The van der Waals surface area contributed by atoms with Crippen LogP contribution < -0.4 is 4.90 Å². The summed E-state index contributed by atoms with van der Waals surface area (Å²) < 4.78 is 38.3. The van der Waals surface area contributed by atoms with Crippen molar-refractivity contribution >= 4 is 37.7 Å². The van der Waals surface area contributed by atoms with Crippen LogP contribution in [0.3, 0.4) is 0 Å². The predicted molar refractivity (Wildman–Crippen MR) is 80.1 cm³/mol. The van der Waals surface area contributed by atoms with Crippen LogP contribution in [0.25, 0.3) is 0 Å². The smallest absolute Gasteiger partial charge is 0.357 e. The standard InChI is InChI=1S/C13H13Br2F3N2/c14-11(15)7-9-3-5-20(6-4-9)12-2-1-10(8-19-12)13(16,17)18/h1-2,7-9H,3-6H2. The molecule has 0 spiro atoms. The average Bonchev–Trinajstić information content (AvgIpc) is 2.38. The maximum absolute atomic E-state index is 12.5. The molecule has 0 unspecified atom stereocenters. The van der Waals surface area contributed by atoms with Gasteiger partial charge >= 0.3 is 6.18 Å². The Kier molecular flexibility index (Phi) is 5.12. The van der Waals surface area contributed by atoms with Gasteiger partial charge in [0.05, 0.1) is 8.96 Å². The van der Waals surface area contributed by atoms with Crippen LogP contribution in [0.15, 0.2) is 27.8 Å².